The molecular weight excluding hydrogens is 369 g/mol. The summed E-state index contributed by atoms with van der Waals surface area (Å²) in [5, 5.41) is 4.55. The number of hydrogen-bond acceptors (Lipinski definition) is 1. The van der Waals surface area contributed by atoms with Gasteiger partial charge in [0.15, 0.2) is 0 Å². The third-order valence-corrected chi connectivity index (χ3v) is 3.35. The number of nitrogens with zero attached hydrogens (tertiary/aromatic N) is 2. The summed E-state index contributed by atoms with van der Waals surface area (Å²) in [6.07, 6.45) is 0. The van der Waals surface area contributed by atoms with Crippen LogP contribution in [0, 0.1) is 3.70 Å². The van der Waals surface area contributed by atoms with Gasteiger partial charge in [0, 0.05) is 9.86 Å². The second kappa shape index (κ2) is 3.73. The van der Waals surface area contributed by atoms with Crippen molar-refractivity contribution in [2.75, 3.05) is 0 Å². The minimum Gasteiger partial charge on any atom is -0.197 e. The lowest BCUT2D eigenvalue weighted by Crippen LogP contribution is -2.01. The van der Waals surface area contributed by atoms with Crippen molar-refractivity contribution in [3.05, 3.63) is 26.4 Å². The molecule has 74 valence electrons. The molecule has 0 aliphatic carbocycles. The molecule has 2 rings (SSSR count). The number of halogens is 4. The zero-order valence-electron chi connectivity index (χ0n) is 6.72. The smallest absolute Gasteiger partial charge is 0.197 e. The molecule has 6 heteroatoms. The number of fused-ring (bicyclic) bond motifs is 1. The van der Waals surface area contributed by atoms with Gasteiger partial charge in [-0.05, 0) is 40.8 Å². The van der Waals surface area contributed by atoms with Crippen LogP contribution < -0.4 is 0 Å². The molecule has 0 radical (unpaired) electrons. The number of aromatic nitrogens is 2. The molecule has 2 aromatic rings. The quantitative estimate of drug-likeness (QED) is 0.696. The van der Waals surface area contributed by atoms with E-state index in [-0.39, 0.29) is 0 Å². The van der Waals surface area contributed by atoms with Crippen LogP contribution in [0.3, 0.4) is 0 Å². The molecule has 0 aliphatic rings. The van der Waals surface area contributed by atoms with Crippen molar-refractivity contribution >= 4 is 49.4 Å². The highest BCUT2D eigenvalue weighted by atomic mass is 127. The Bertz CT molecular complexity index is 483. The highest BCUT2D eigenvalue weighted by Gasteiger charge is 2.14. The predicted molar refractivity (Wildman–Crippen MR) is 61.4 cm³/mol. The van der Waals surface area contributed by atoms with E-state index < -0.39 is 6.55 Å². The fourth-order valence-corrected chi connectivity index (χ4v) is 2.30. The largest absolute Gasteiger partial charge is 0.334 e. The summed E-state index contributed by atoms with van der Waals surface area (Å²) < 4.78 is 26.9. The van der Waals surface area contributed by atoms with Gasteiger partial charge in [-0.25, -0.2) is 0 Å². The fourth-order valence-electron chi connectivity index (χ4n) is 1.17. The van der Waals surface area contributed by atoms with Crippen LogP contribution in [-0.4, -0.2) is 9.78 Å². The van der Waals surface area contributed by atoms with E-state index in [0.29, 0.717) is 9.22 Å². The Kier molecular flexibility index (Phi) is 2.74. The van der Waals surface area contributed by atoms with Crippen LogP contribution in [0.4, 0.5) is 8.78 Å². The Morgan fingerprint density at radius 3 is 2.79 bits per heavy atom. The molecule has 14 heavy (non-hydrogen) atoms. The van der Waals surface area contributed by atoms with E-state index in [1.165, 1.54) is 0 Å². The van der Waals surface area contributed by atoms with Crippen molar-refractivity contribution in [3.8, 4) is 0 Å². The third-order valence-electron chi connectivity index (χ3n) is 1.78. The Hall–Kier alpha value is -0.240. The van der Waals surface area contributed by atoms with Crippen molar-refractivity contribution in [1.82, 2.24) is 9.78 Å². The van der Waals surface area contributed by atoms with Crippen LogP contribution in [0.1, 0.15) is 6.55 Å². The maximum atomic E-state index is 12.5. The number of rotatable bonds is 1. The van der Waals surface area contributed by atoms with Crippen LogP contribution in [0.2, 0.25) is 0 Å². The van der Waals surface area contributed by atoms with Crippen LogP contribution in [-0.2, 0) is 0 Å². The molecular formula is C8H4BrF2IN2. The van der Waals surface area contributed by atoms with Crippen molar-refractivity contribution in [2.45, 2.75) is 6.55 Å². The summed E-state index contributed by atoms with van der Waals surface area (Å²) in [7, 11) is 0. The Morgan fingerprint density at radius 2 is 2.14 bits per heavy atom. The molecule has 0 unspecified atom stereocenters. The molecule has 0 saturated carbocycles. The van der Waals surface area contributed by atoms with Gasteiger partial charge >= 0.3 is 6.55 Å². The van der Waals surface area contributed by atoms with Gasteiger partial charge in [-0.1, -0.05) is 15.9 Å². The third kappa shape index (κ3) is 1.65. The van der Waals surface area contributed by atoms with Gasteiger partial charge in [0.05, 0.1) is 5.52 Å². The van der Waals surface area contributed by atoms with Crippen molar-refractivity contribution < 1.29 is 8.78 Å². The van der Waals surface area contributed by atoms with Crippen LogP contribution in [0.25, 0.3) is 10.9 Å². The van der Waals surface area contributed by atoms with Gasteiger partial charge in [0.2, 0.25) is 0 Å². The fraction of sp³-hybridized carbons (Fsp3) is 0.125. The van der Waals surface area contributed by atoms with E-state index in [1.54, 1.807) is 12.1 Å². The second-order valence-electron chi connectivity index (χ2n) is 2.67. The van der Waals surface area contributed by atoms with Crippen molar-refractivity contribution in [2.24, 2.45) is 0 Å². The maximum absolute atomic E-state index is 12.5. The predicted octanol–water partition coefficient (Wildman–Crippen LogP) is 3.80. The molecule has 0 fully saturated rings. The first-order valence-corrected chi connectivity index (χ1v) is 5.58. The zero-order chi connectivity index (χ0) is 10.3. The van der Waals surface area contributed by atoms with Crippen molar-refractivity contribution in [1.29, 1.82) is 0 Å². The van der Waals surface area contributed by atoms with Gasteiger partial charge in [0.1, 0.15) is 3.70 Å². The molecule has 0 bridgehead atoms. The lowest BCUT2D eigenvalue weighted by atomic mass is 10.3. The molecule has 2 nitrogen and oxygen atoms in total. The highest BCUT2D eigenvalue weighted by molar-refractivity contribution is 14.1. The molecule has 1 aromatic carbocycles. The number of benzene rings is 1. The van der Waals surface area contributed by atoms with E-state index in [4.69, 9.17) is 0 Å². The highest BCUT2D eigenvalue weighted by Crippen LogP contribution is 2.26. The summed E-state index contributed by atoms with van der Waals surface area (Å²) in [6.45, 7) is -2.59. The molecule has 0 atom stereocenters. The lowest BCUT2D eigenvalue weighted by Gasteiger charge is -1.98. The average molecular weight is 373 g/mol. The van der Waals surface area contributed by atoms with Crippen molar-refractivity contribution in [3.63, 3.8) is 0 Å². The monoisotopic (exact) mass is 372 g/mol. The summed E-state index contributed by atoms with van der Waals surface area (Å²) in [6, 6.07) is 5.30. The summed E-state index contributed by atoms with van der Waals surface area (Å²) in [5.74, 6) is 0. The standard InChI is InChI=1S/C8H4BrF2IN2/c9-4-1-2-5-6(3-4)13-14(7(5)12)8(10)11/h1-3,8H. The SMILES string of the molecule is FC(F)n1nc2cc(Br)ccc2c1I. The maximum Gasteiger partial charge on any atom is 0.334 e. The van der Waals surface area contributed by atoms with Gasteiger partial charge < -0.3 is 0 Å². The van der Waals surface area contributed by atoms with E-state index in [0.717, 1.165) is 14.5 Å². The van der Waals surface area contributed by atoms with E-state index in [2.05, 4.69) is 21.0 Å². The Morgan fingerprint density at radius 1 is 1.43 bits per heavy atom. The molecule has 0 amide bonds. The first-order chi connectivity index (χ1) is 6.59. The Labute approximate surface area is 101 Å². The average Bonchev–Trinajstić information content (AvgIpc) is 2.43. The molecule has 1 aromatic heterocycles. The molecule has 0 spiro atoms. The molecule has 0 saturated heterocycles. The van der Waals surface area contributed by atoms with Gasteiger partial charge in [-0.15, -0.1) is 0 Å². The second-order valence-corrected chi connectivity index (χ2v) is 4.61. The molecule has 1 heterocycles. The molecule has 0 N–H and O–H groups in total. The first-order valence-electron chi connectivity index (χ1n) is 3.71. The number of hydrogen-bond donors (Lipinski definition) is 0. The van der Waals surface area contributed by atoms with E-state index >= 15 is 0 Å². The Balaban J connectivity index is 2.73. The molecule has 0 aliphatic heterocycles. The van der Waals surface area contributed by atoms with E-state index in [9.17, 15) is 8.78 Å². The first kappa shape index (κ1) is 10.3. The number of alkyl halides is 2. The van der Waals surface area contributed by atoms with Gasteiger partial charge in [-0.2, -0.15) is 18.6 Å². The summed E-state index contributed by atoms with van der Waals surface area (Å²) >= 11 is 5.13. The summed E-state index contributed by atoms with van der Waals surface area (Å²) in [5.41, 5.74) is 0.573. The lowest BCUT2D eigenvalue weighted by molar-refractivity contribution is 0.0546. The normalized spacial score (nSPS) is 11.5. The topological polar surface area (TPSA) is 17.8 Å². The van der Waals surface area contributed by atoms with Crippen LogP contribution in [0.5, 0.6) is 0 Å². The summed E-state index contributed by atoms with van der Waals surface area (Å²) in [4.78, 5) is 0. The minimum absolute atomic E-state index is 0.458. The van der Waals surface area contributed by atoms with Gasteiger partial charge in [0.25, 0.3) is 0 Å². The van der Waals surface area contributed by atoms with Gasteiger partial charge in [-0.3, -0.25) is 0 Å². The zero-order valence-corrected chi connectivity index (χ0v) is 10.5. The minimum atomic E-state index is -2.59. The van der Waals surface area contributed by atoms with Crippen LogP contribution in [0.15, 0.2) is 22.7 Å². The van der Waals surface area contributed by atoms with Crippen LogP contribution >= 0.6 is 38.5 Å². The van der Waals surface area contributed by atoms with E-state index in [1.807, 2.05) is 28.7 Å².